The van der Waals surface area contributed by atoms with Gasteiger partial charge in [-0.15, -0.1) is 11.8 Å². The first kappa shape index (κ1) is 21.3. The number of nitrogens with zero attached hydrogens (tertiary/aromatic N) is 2. The first-order chi connectivity index (χ1) is 13.2. The number of carbonyl (C=O) groups is 2. The molecule has 2 fully saturated rings. The van der Waals surface area contributed by atoms with Gasteiger partial charge in [0.05, 0.1) is 33.2 Å². The molecule has 2 atom stereocenters. The first-order valence-corrected chi connectivity index (χ1v) is 11.1. The summed E-state index contributed by atoms with van der Waals surface area (Å²) >= 11 is 7.62. The zero-order valence-electron chi connectivity index (χ0n) is 16.9. The number of thioether (sulfide) groups is 1. The van der Waals surface area contributed by atoms with E-state index in [4.69, 9.17) is 16.3 Å². The Bertz CT molecular complexity index is 714. The Kier molecular flexibility index (Phi) is 6.47. The van der Waals surface area contributed by atoms with Crippen LogP contribution in [-0.4, -0.2) is 72.4 Å². The van der Waals surface area contributed by atoms with Crippen molar-refractivity contribution in [3.05, 3.63) is 34.9 Å². The summed E-state index contributed by atoms with van der Waals surface area (Å²) in [5, 5.41) is 0.377. The lowest BCUT2D eigenvalue weighted by atomic mass is 10.1. The molecule has 1 N–H and O–H groups in total. The Balaban J connectivity index is 1.84. The topological polar surface area (TPSA) is 54.3 Å². The van der Waals surface area contributed by atoms with Gasteiger partial charge in [-0.3, -0.25) is 9.69 Å². The van der Waals surface area contributed by atoms with E-state index in [1.165, 1.54) is 4.90 Å². The molecule has 28 heavy (non-hydrogen) atoms. The van der Waals surface area contributed by atoms with Gasteiger partial charge >= 0.3 is 6.09 Å². The minimum Gasteiger partial charge on any atom is -0.444 e. The molecule has 2 aliphatic heterocycles. The molecule has 0 unspecified atom stereocenters. The second-order valence-corrected chi connectivity index (χ2v) is 9.97. The SMILES string of the molecule is C[NH+]1CCN(C(=O)[C@H]2CS[C@@H](c3ccc(Cl)cc3)N2C(=O)OC(C)(C)C)CC1. The molecule has 0 saturated carbocycles. The summed E-state index contributed by atoms with van der Waals surface area (Å²) in [5.41, 5.74) is 0.318. The van der Waals surface area contributed by atoms with E-state index in [0.717, 1.165) is 31.7 Å². The molecule has 0 radical (unpaired) electrons. The summed E-state index contributed by atoms with van der Waals surface area (Å²) in [4.78, 5) is 31.2. The average molecular weight is 427 g/mol. The van der Waals surface area contributed by atoms with Gasteiger partial charge in [0.25, 0.3) is 0 Å². The number of carbonyl (C=O) groups excluding carboxylic acids is 2. The number of benzene rings is 1. The maximum atomic E-state index is 13.3. The fourth-order valence-corrected chi connectivity index (χ4v) is 4.97. The van der Waals surface area contributed by atoms with Crippen molar-refractivity contribution < 1.29 is 19.2 Å². The molecular formula is C20H29ClN3O3S+. The molecule has 0 spiro atoms. The standard InChI is InChI=1S/C20H28ClN3O3S/c1-20(2,3)27-19(26)24-16(17(25)23-11-9-22(4)10-12-23)13-28-18(24)14-5-7-15(21)8-6-14/h5-8,16,18H,9-13H2,1-4H3/p+1/t16-,18+/m1/s1. The van der Waals surface area contributed by atoms with Gasteiger partial charge < -0.3 is 14.5 Å². The number of hydrogen-bond donors (Lipinski definition) is 1. The van der Waals surface area contributed by atoms with Gasteiger partial charge in [0.15, 0.2) is 0 Å². The Morgan fingerprint density at radius 2 is 1.79 bits per heavy atom. The summed E-state index contributed by atoms with van der Waals surface area (Å²) in [7, 11) is 2.14. The minimum absolute atomic E-state index is 0.0160. The van der Waals surface area contributed by atoms with Crippen molar-refractivity contribution in [2.24, 2.45) is 0 Å². The van der Waals surface area contributed by atoms with Crippen molar-refractivity contribution in [2.45, 2.75) is 37.8 Å². The molecule has 3 rings (SSSR count). The van der Waals surface area contributed by atoms with Crippen LogP contribution in [0.5, 0.6) is 0 Å². The van der Waals surface area contributed by atoms with E-state index in [0.29, 0.717) is 10.8 Å². The maximum absolute atomic E-state index is 13.3. The van der Waals surface area contributed by atoms with Crippen molar-refractivity contribution in [3.8, 4) is 0 Å². The zero-order chi connectivity index (χ0) is 20.5. The molecule has 1 aromatic rings. The molecule has 2 aliphatic rings. The smallest absolute Gasteiger partial charge is 0.412 e. The van der Waals surface area contributed by atoms with E-state index < -0.39 is 17.7 Å². The van der Waals surface area contributed by atoms with Gasteiger partial charge in [-0.2, -0.15) is 0 Å². The average Bonchev–Trinajstić information content (AvgIpc) is 3.06. The highest BCUT2D eigenvalue weighted by Gasteiger charge is 2.46. The van der Waals surface area contributed by atoms with Crippen LogP contribution in [0.2, 0.25) is 5.02 Å². The Morgan fingerprint density at radius 3 is 2.36 bits per heavy atom. The van der Waals surface area contributed by atoms with Crippen molar-refractivity contribution in [2.75, 3.05) is 39.0 Å². The third-order valence-corrected chi connectivity index (χ3v) is 6.55. The van der Waals surface area contributed by atoms with Crippen LogP contribution in [0.1, 0.15) is 31.7 Å². The lowest BCUT2D eigenvalue weighted by Gasteiger charge is -2.36. The van der Waals surface area contributed by atoms with Crippen LogP contribution in [0.3, 0.4) is 0 Å². The number of halogens is 1. The highest BCUT2D eigenvalue weighted by atomic mass is 35.5. The predicted molar refractivity (Wildman–Crippen MR) is 112 cm³/mol. The molecule has 2 amide bonds. The summed E-state index contributed by atoms with van der Waals surface area (Å²) < 4.78 is 5.65. The first-order valence-electron chi connectivity index (χ1n) is 9.64. The van der Waals surface area contributed by atoms with Crippen LogP contribution in [0.4, 0.5) is 4.79 Å². The lowest BCUT2D eigenvalue weighted by molar-refractivity contribution is -0.883. The fourth-order valence-electron chi connectivity index (χ4n) is 3.44. The second kappa shape index (κ2) is 8.51. The van der Waals surface area contributed by atoms with Gasteiger partial charge in [-0.25, -0.2) is 4.79 Å². The second-order valence-electron chi connectivity index (χ2n) is 8.42. The molecular weight excluding hydrogens is 398 g/mol. The molecule has 8 heteroatoms. The van der Waals surface area contributed by atoms with E-state index >= 15 is 0 Å². The Morgan fingerprint density at radius 1 is 1.18 bits per heavy atom. The lowest BCUT2D eigenvalue weighted by Crippen LogP contribution is -3.12. The number of rotatable bonds is 2. The number of amides is 2. The van der Waals surface area contributed by atoms with E-state index in [1.807, 2.05) is 49.9 Å². The minimum atomic E-state index is -0.625. The van der Waals surface area contributed by atoms with Gasteiger partial charge in [0.2, 0.25) is 5.91 Å². The molecule has 1 aromatic carbocycles. The Hall–Kier alpha value is -1.44. The van der Waals surface area contributed by atoms with Crippen molar-refractivity contribution in [3.63, 3.8) is 0 Å². The molecule has 0 aromatic heterocycles. The summed E-state index contributed by atoms with van der Waals surface area (Å²) in [6.45, 7) is 8.82. The number of likely N-dealkylation sites (N-methyl/N-ethyl adjacent to an activating group) is 1. The number of ether oxygens (including phenoxy) is 1. The fraction of sp³-hybridized carbons (Fsp3) is 0.600. The van der Waals surface area contributed by atoms with E-state index in [1.54, 1.807) is 16.7 Å². The van der Waals surface area contributed by atoms with E-state index in [2.05, 4.69) is 7.05 Å². The molecule has 6 nitrogen and oxygen atoms in total. The van der Waals surface area contributed by atoms with Crippen LogP contribution in [0.25, 0.3) is 0 Å². The highest BCUT2D eigenvalue weighted by molar-refractivity contribution is 7.99. The van der Waals surface area contributed by atoms with Crippen molar-refractivity contribution in [1.82, 2.24) is 9.80 Å². The van der Waals surface area contributed by atoms with Crippen LogP contribution < -0.4 is 4.90 Å². The monoisotopic (exact) mass is 426 g/mol. The summed E-state index contributed by atoms with van der Waals surface area (Å²) in [6, 6.07) is 6.91. The van der Waals surface area contributed by atoms with Gasteiger partial charge in [-0.1, -0.05) is 23.7 Å². The van der Waals surface area contributed by atoms with Gasteiger partial charge in [-0.05, 0) is 38.5 Å². The molecule has 0 aliphatic carbocycles. The molecule has 0 bridgehead atoms. The highest BCUT2D eigenvalue weighted by Crippen LogP contribution is 2.43. The number of piperazine rings is 1. The third-order valence-electron chi connectivity index (χ3n) is 4.97. The molecule has 2 heterocycles. The Labute approximate surface area is 176 Å². The van der Waals surface area contributed by atoms with Gasteiger partial charge in [0, 0.05) is 10.8 Å². The number of nitrogens with one attached hydrogen (secondary N) is 1. The van der Waals surface area contributed by atoms with Gasteiger partial charge in [0.1, 0.15) is 17.0 Å². The van der Waals surface area contributed by atoms with Crippen LogP contribution >= 0.6 is 23.4 Å². The van der Waals surface area contributed by atoms with Crippen LogP contribution in [0.15, 0.2) is 24.3 Å². The van der Waals surface area contributed by atoms with Crippen molar-refractivity contribution >= 4 is 35.4 Å². The van der Waals surface area contributed by atoms with E-state index in [-0.39, 0.29) is 11.3 Å². The zero-order valence-corrected chi connectivity index (χ0v) is 18.5. The number of quaternary nitrogens is 1. The predicted octanol–water partition coefficient (Wildman–Crippen LogP) is 2.05. The molecule has 154 valence electrons. The molecule has 2 saturated heterocycles. The normalized spacial score (nSPS) is 23.8. The largest absolute Gasteiger partial charge is 0.444 e. The summed E-state index contributed by atoms with van der Waals surface area (Å²) in [5.74, 6) is 0.576. The third kappa shape index (κ3) is 4.93. The van der Waals surface area contributed by atoms with E-state index in [9.17, 15) is 9.59 Å². The quantitative estimate of drug-likeness (QED) is 0.786. The van der Waals surface area contributed by atoms with Crippen LogP contribution in [-0.2, 0) is 9.53 Å². The van der Waals surface area contributed by atoms with Crippen LogP contribution in [0, 0.1) is 0 Å². The summed E-state index contributed by atoms with van der Waals surface area (Å²) in [6.07, 6.45) is -0.449. The maximum Gasteiger partial charge on any atom is 0.412 e. The number of hydrogen-bond acceptors (Lipinski definition) is 4. The van der Waals surface area contributed by atoms with Crippen molar-refractivity contribution in [1.29, 1.82) is 0 Å².